The second kappa shape index (κ2) is 9.49. The van der Waals surface area contributed by atoms with E-state index >= 15 is 4.39 Å². The number of rotatable bonds is 5. The Balaban J connectivity index is 1.32. The van der Waals surface area contributed by atoms with E-state index in [1.54, 1.807) is 36.3 Å². The van der Waals surface area contributed by atoms with E-state index in [1.807, 2.05) is 12.1 Å². The van der Waals surface area contributed by atoms with Gasteiger partial charge in [-0.05, 0) is 53.5 Å². The first kappa shape index (κ1) is 24.0. The molecule has 1 fully saturated rings. The van der Waals surface area contributed by atoms with Crippen molar-refractivity contribution in [3.8, 4) is 16.9 Å². The first-order valence-electron chi connectivity index (χ1n) is 12.1. The SMILES string of the molecule is CNC(=O)c1ccccc1-c1cnc([C@@H]2CCC3CC(c4c(-n5cnnn5)ccc(Cl)c4F)=CC(=O)N32)[nH]1. The monoisotopic (exact) mass is 532 g/mol. The number of benzene rings is 2. The van der Waals surface area contributed by atoms with Crippen molar-refractivity contribution in [2.24, 2.45) is 0 Å². The third-order valence-electron chi connectivity index (χ3n) is 7.10. The second-order valence-electron chi connectivity index (χ2n) is 9.18. The molecular formula is C26H22ClFN8O2. The molecule has 2 atom stereocenters. The first-order chi connectivity index (χ1) is 18.5. The van der Waals surface area contributed by atoms with Crippen molar-refractivity contribution in [1.29, 1.82) is 0 Å². The zero-order chi connectivity index (χ0) is 26.4. The topological polar surface area (TPSA) is 122 Å². The van der Waals surface area contributed by atoms with Crippen molar-refractivity contribution in [1.82, 2.24) is 40.4 Å². The summed E-state index contributed by atoms with van der Waals surface area (Å²) in [5, 5.41) is 13.8. The number of nitrogens with zero attached hydrogens (tertiary/aromatic N) is 6. The van der Waals surface area contributed by atoms with Gasteiger partial charge >= 0.3 is 0 Å². The van der Waals surface area contributed by atoms with Crippen LogP contribution in [0, 0.1) is 5.82 Å². The number of tetrazole rings is 1. The number of hydrogen-bond acceptors (Lipinski definition) is 6. The summed E-state index contributed by atoms with van der Waals surface area (Å²) >= 11 is 6.11. The quantitative estimate of drug-likeness (QED) is 0.404. The van der Waals surface area contributed by atoms with Gasteiger partial charge in [-0.1, -0.05) is 29.8 Å². The van der Waals surface area contributed by atoms with Gasteiger partial charge in [0.25, 0.3) is 5.91 Å². The van der Waals surface area contributed by atoms with Crippen molar-refractivity contribution in [3.63, 3.8) is 0 Å². The molecule has 2 aliphatic heterocycles. The fourth-order valence-corrected chi connectivity index (χ4v) is 5.56. The van der Waals surface area contributed by atoms with Crippen LogP contribution in [0.4, 0.5) is 4.39 Å². The molecule has 2 aromatic heterocycles. The van der Waals surface area contributed by atoms with Crippen molar-refractivity contribution < 1.29 is 14.0 Å². The normalized spacial score (nSPS) is 18.9. The van der Waals surface area contributed by atoms with Crippen molar-refractivity contribution >= 4 is 29.0 Å². The fraction of sp³-hybridized carbons (Fsp3) is 0.231. The third kappa shape index (κ3) is 3.95. The maximum Gasteiger partial charge on any atom is 0.251 e. The van der Waals surface area contributed by atoms with Crippen LogP contribution in [0.1, 0.15) is 47.1 Å². The van der Waals surface area contributed by atoms with E-state index in [1.165, 1.54) is 23.2 Å². The highest BCUT2D eigenvalue weighted by atomic mass is 35.5. The Morgan fingerprint density at radius 3 is 2.84 bits per heavy atom. The number of H-pyrrole nitrogens is 1. The highest BCUT2D eigenvalue weighted by molar-refractivity contribution is 6.31. The zero-order valence-corrected chi connectivity index (χ0v) is 21.0. The summed E-state index contributed by atoms with van der Waals surface area (Å²) in [5.41, 5.74) is 3.10. The maximum absolute atomic E-state index is 15.3. The van der Waals surface area contributed by atoms with Crippen molar-refractivity contribution in [3.05, 3.63) is 82.8 Å². The Morgan fingerprint density at radius 1 is 1.21 bits per heavy atom. The Hall–Kier alpha value is -4.38. The third-order valence-corrected chi connectivity index (χ3v) is 7.39. The summed E-state index contributed by atoms with van der Waals surface area (Å²) in [5.74, 6) is -0.407. The highest BCUT2D eigenvalue weighted by Crippen LogP contribution is 2.44. The van der Waals surface area contributed by atoms with Crippen LogP contribution in [0.5, 0.6) is 0 Å². The standard InChI is InChI=1S/C26H22ClFN8O2/c1-29-26(38)17-5-3-2-4-16(17)19-12-30-25(32-19)21-8-6-15-10-14(11-22(37)36(15)21)23-20(35-13-31-33-34-35)9-7-18(27)24(23)28/h2-5,7,9,11-13,15,21H,6,8,10H2,1H3,(H,29,38)(H,30,32)/t15?,21-/m0/s1. The number of carbonyl (C=O) groups is 2. The summed E-state index contributed by atoms with van der Waals surface area (Å²) in [6.45, 7) is 0. The molecule has 0 bridgehead atoms. The van der Waals surface area contributed by atoms with Gasteiger partial charge in [0.05, 0.1) is 28.6 Å². The van der Waals surface area contributed by atoms with Crippen LogP contribution in [0.15, 0.2) is 55.0 Å². The summed E-state index contributed by atoms with van der Waals surface area (Å²) in [4.78, 5) is 35.5. The lowest BCUT2D eigenvalue weighted by Crippen LogP contribution is -2.39. The predicted octanol–water partition coefficient (Wildman–Crippen LogP) is 3.72. The van der Waals surface area contributed by atoms with Gasteiger partial charge in [-0.25, -0.2) is 9.37 Å². The van der Waals surface area contributed by atoms with Crippen LogP contribution in [0.25, 0.3) is 22.5 Å². The van der Waals surface area contributed by atoms with Crippen molar-refractivity contribution in [2.75, 3.05) is 7.05 Å². The molecule has 12 heteroatoms. The van der Waals surface area contributed by atoms with Gasteiger partial charge < -0.3 is 15.2 Å². The molecule has 4 aromatic rings. The Morgan fingerprint density at radius 2 is 2.05 bits per heavy atom. The Kier molecular flexibility index (Phi) is 5.99. The average Bonchev–Trinajstić information content (AvgIpc) is 3.70. The Labute approximate surface area is 221 Å². The summed E-state index contributed by atoms with van der Waals surface area (Å²) < 4.78 is 16.7. The average molecular weight is 533 g/mol. The van der Waals surface area contributed by atoms with Gasteiger partial charge in [0.2, 0.25) is 5.91 Å². The number of hydrogen-bond donors (Lipinski definition) is 2. The van der Waals surface area contributed by atoms with E-state index in [-0.39, 0.29) is 34.5 Å². The largest absolute Gasteiger partial charge is 0.355 e. The molecule has 10 nitrogen and oxygen atoms in total. The van der Waals surface area contributed by atoms with Gasteiger partial charge in [-0.2, -0.15) is 4.68 Å². The smallest absolute Gasteiger partial charge is 0.251 e. The van der Waals surface area contributed by atoms with E-state index in [2.05, 4.69) is 30.8 Å². The van der Waals surface area contributed by atoms with E-state index in [9.17, 15) is 9.59 Å². The number of amides is 2. The second-order valence-corrected chi connectivity index (χ2v) is 9.59. The van der Waals surface area contributed by atoms with Gasteiger partial charge in [0, 0.05) is 35.9 Å². The van der Waals surface area contributed by atoms with E-state index in [4.69, 9.17) is 11.6 Å². The van der Waals surface area contributed by atoms with Crippen LogP contribution < -0.4 is 5.32 Å². The molecule has 0 aliphatic carbocycles. The molecular weight excluding hydrogens is 511 g/mol. The molecule has 0 spiro atoms. The number of nitrogens with one attached hydrogen (secondary N) is 2. The van der Waals surface area contributed by atoms with Gasteiger partial charge in [0.15, 0.2) is 5.82 Å². The molecule has 2 aromatic carbocycles. The van der Waals surface area contributed by atoms with Crippen LogP contribution in [-0.4, -0.2) is 60.0 Å². The summed E-state index contributed by atoms with van der Waals surface area (Å²) in [7, 11) is 1.58. The number of aromatic amines is 1. The number of carbonyl (C=O) groups excluding carboxylic acids is 2. The molecule has 2 aliphatic rings. The van der Waals surface area contributed by atoms with Crippen LogP contribution in [-0.2, 0) is 4.79 Å². The zero-order valence-electron chi connectivity index (χ0n) is 20.2. The molecule has 2 amide bonds. The maximum atomic E-state index is 15.3. The summed E-state index contributed by atoms with van der Waals surface area (Å²) in [6, 6.07) is 9.92. The van der Waals surface area contributed by atoms with E-state index in [0.29, 0.717) is 41.2 Å². The summed E-state index contributed by atoms with van der Waals surface area (Å²) in [6.07, 6.45) is 6.37. The molecule has 6 rings (SSSR count). The lowest BCUT2D eigenvalue weighted by Gasteiger charge is -2.33. The lowest BCUT2D eigenvalue weighted by molar-refractivity contribution is -0.129. The number of aromatic nitrogens is 6. The molecule has 38 heavy (non-hydrogen) atoms. The molecule has 0 saturated carbocycles. The van der Waals surface area contributed by atoms with Crippen LogP contribution in [0.3, 0.4) is 0 Å². The van der Waals surface area contributed by atoms with Crippen LogP contribution in [0.2, 0.25) is 5.02 Å². The number of halogens is 2. The predicted molar refractivity (Wildman–Crippen MR) is 137 cm³/mol. The van der Waals surface area contributed by atoms with Gasteiger partial charge in [-0.15, -0.1) is 5.10 Å². The van der Waals surface area contributed by atoms with E-state index in [0.717, 1.165) is 12.0 Å². The molecule has 4 heterocycles. The minimum atomic E-state index is -0.618. The number of fused-ring (bicyclic) bond motifs is 1. The minimum Gasteiger partial charge on any atom is -0.355 e. The molecule has 0 radical (unpaired) electrons. The van der Waals surface area contributed by atoms with E-state index < -0.39 is 5.82 Å². The molecule has 2 N–H and O–H groups in total. The Bertz CT molecular complexity index is 1580. The highest BCUT2D eigenvalue weighted by Gasteiger charge is 2.42. The number of imidazole rings is 1. The fourth-order valence-electron chi connectivity index (χ4n) is 5.40. The van der Waals surface area contributed by atoms with Crippen molar-refractivity contribution in [2.45, 2.75) is 31.3 Å². The first-order valence-corrected chi connectivity index (χ1v) is 12.4. The molecule has 1 unspecified atom stereocenters. The van der Waals surface area contributed by atoms with Crippen LogP contribution >= 0.6 is 11.6 Å². The van der Waals surface area contributed by atoms with Gasteiger partial charge in [0.1, 0.15) is 12.2 Å². The minimum absolute atomic E-state index is 0.0444. The molecule has 192 valence electrons. The van der Waals surface area contributed by atoms with Gasteiger partial charge in [-0.3, -0.25) is 9.59 Å². The molecule has 1 saturated heterocycles. The lowest BCUT2D eigenvalue weighted by atomic mass is 9.92.